The van der Waals surface area contributed by atoms with Crippen LogP contribution < -0.4 is 5.32 Å². The van der Waals surface area contributed by atoms with Crippen molar-refractivity contribution in [1.82, 2.24) is 4.90 Å². The van der Waals surface area contributed by atoms with Gasteiger partial charge in [0.05, 0.1) is 6.04 Å². The van der Waals surface area contributed by atoms with Gasteiger partial charge in [-0.05, 0) is 46.1 Å². The maximum absolute atomic E-state index is 12.4. The first-order chi connectivity index (χ1) is 10.5. The number of amides is 1. The van der Waals surface area contributed by atoms with Crippen LogP contribution in [0.1, 0.15) is 36.7 Å². The third-order valence-corrected chi connectivity index (χ3v) is 4.47. The van der Waals surface area contributed by atoms with E-state index in [0.717, 1.165) is 24.9 Å². The minimum absolute atomic E-state index is 0.153. The molecule has 1 aliphatic rings. The minimum atomic E-state index is -0.327. The average molecular weight is 305 g/mol. The van der Waals surface area contributed by atoms with Gasteiger partial charge < -0.3 is 9.52 Å². The van der Waals surface area contributed by atoms with Crippen LogP contribution in [0, 0.1) is 31.1 Å². The molecule has 1 fully saturated rings. The fourth-order valence-corrected chi connectivity index (χ4v) is 2.83. The highest BCUT2D eigenvalue weighted by Gasteiger charge is 2.28. The summed E-state index contributed by atoms with van der Waals surface area (Å²) in [5.74, 6) is 0.901. The molecule has 1 aromatic rings. The Hall–Kier alpha value is -1.84. The molecule has 0 aromatic carbocycles. The first-order valence-corrected chi connectivity index (χ1v) is 7.63. The van der Waals surface area contributed by atoms with E-state index < -0.39 is 0 Å². The molecule has 1 aliphatic heterocycles. The Morgan fingerprint density at radius 1 is 1.59 bits per heavy atom. The zero-order valence-electron chi connectivity index (χ0n) is 13.3. The summed E-state index contributed by atoms with van der Waals surface area (Å²) in [5.41, 5.74) is 1.13. The van der Waals surface area contributed by atoms with Gasteiger partial charge in [0, 0.05) is 18.7 Å². The molecule has 120 valence electrons. The molecule has 2 heterocycles. The Labute approximate surface area is 130 Å². The van der Waals surface area contributed by atoms with E-state index in [9.17, 15) is 15.2 Å². The summed E-state index contributed by atoms with van der Waals surface area (Å²) in [6, 6.07) is 1.74. The van der Waals surface area contributed by atoms with Crippen LogP contribution in [0.5, 0.6) is 0 Å². The molecular formula is C16H23N3O3. The molecule has 2 atom stereocenters. The summed E-state index contributed by atoms with van der Waals surface area (Å²) in [6.07, 6.45) is 1.97. The minimum Gasteiger partial charge on any atom is -0.444 e. The second-order valence-electron chi connectivity index (χ2n) is 5.95. The number of rotatable bonds is 4. The number of aliphatic hydroxyl groups is 1. The van der Waals surface area contributed by atoms with Crippen LogP contribution in [-0.4, -0.2) is 41.7 Å². The monoisotopic (exact) mass is 305 g/mol. The molecule has 2 rings (SSSR count). The summed E-state index contributed by atoms with van der Waals surface area (Å²) >= 11 is 0. The molecule has 0 bridgehead atoms. The van der Waals surface area contributed by atoms with Gasteiger partial charge in [0.25, 0.3) is 0 Å². The van der Waals surface area contributed by atoms with Crippen molar-refractivity contribution in [3.8, 4) is 6.07 Å². The number of hydrogen-bond acceptors (Lipinski definition) is 5. The van der Waals surface area contributed by atoms with E-state index in [1.54, 1.807) is 13.8 Å². The number of furan rings is 1. The molecule has 0 spiro atoms. The number of carbonyl (C=O) groups is 1. The number of nitriles is 1. The third-order valence-electron chi connectivity index (χ3n) is 4.47. The van der Waals surface area contributed by atoms with Crippen molar-refractivity contribution in [2.75, 3.05) is 25.0 Å². The predicted octanol–water partition coefficient (Wildman–Crippen LogP) is 1.80. The van der Waals surface area contributed by atoms with E-state index >= 15 is 0 Å². The molecule has 2 unspecified atom stereocenters. The largest absolute Gasteiger partial charge is 0.444 e. The van der Waals surface area contributed by atoms with E-state index in [2.05, 4.69) is 16.3 Å². The SMILES string of the molecule is Cc1oc(NC(=O)C(C)N2CCCC(CO)C2)c(C#N)c1C. The summed E-state index contributed by atoms with van der Waals surface area (Å²) < 4.78 is 5.47. The lowest BCUT2D eigenvalue weighted by molar-refractivity contribution is -0.121. The number of nitrogens with zero attached hydrogens (tertiary/aromatic N) is 2. The van der Waals surface area contributed by atoms with E-state index in [0.29, 0.717) is 17.9 Å². The fourth-order valence-electron chi connectivity index (χ4n) is 2.83. The number of piperidine rings is 1. The normalized spacial score (nSPS) is 20.4. The van der Waals surface area contributed by atoms with E-state index in [1.165, 1.54) is 0 Å². The van der Waals surface area contributed by atoms with Gasteiger partial charge in [-0.1, -0.05) is 0 Å². The van der Waals surface area contributed by atoms with Gasteiger partial charge >= 0.3 is 0 Å². The van der Waals surface area contributed by atoms with E-state index in [-0.39, 0.29) is 30.4 Å². The van der Waals surface area contributed by atoms with Gasteiger partial charge in [0.2, 0.25) is 11.8 Å². The van der Waals surface area contributed by atoms with Crippen LogP contribution in [0.2, 0.25) is 0 Å². The Kier molecular flexibility index (Phi) is 5.22. The molecule has 0 aliphatic carbocycles. The number of carbonyl (C=O) groups excluding carboxylic acids is 1. The molecule has 1 amide bonds. The lowest BCUT2D eigenvalue weighted by Crippen LogP contribution is -2.47. The van der Waals surface area contributed by atoms with Crippen molar-refractivity contribution in [3.63, 3.8) is 0 Å². The molecule has 0 radical (unpaired) electrons. The molecule has 2 N–H and O–H groups in total. The fraction of sp³-hybridized carbons (Fsp3) is 0.625. The van der Waals surface area contributed by atoms with Crippen LogP contribution in [0.4, 0.5) is 5.88 Å². The number of nitrogens with one attached hydrogen (secondary N) is 1. The second kappa shape index (κ2) is 6.95. The average Bonchev–Trinajstić information content (AvgIpc) is 2.80. The third kappa shape index (κ3) is 3.32. The highest BCUT2D eigenvalue weighted by molar-refractivity contribution is 5.94. The lowest BCUT2D eigenvalue weighted by atomic mass is 9.97. The van der Waals surface area contributed by atoms with Crippen molar-refractivity contribution >= 4 is 11.8 Å². The standard InChI is InChI=1S/C16H23N3O3/c1-10-12(3)22-16(14(10)7-17)18-15(21)11(2)19-6-4-5-13(8-19)9-20/h11,13,20H,4-6,8-9H2,1-3H3,(H,18,21). The zero-order valence-corrected chi connectivity index (χ0v) is 13.3. The van der Waals surface area contributed by atoms with E-state index in [1.807, 2.05) is 6.92 Å². The maximum Gasteiger partial charge on any atom is 0.243 e. The summed E-state index contributed by atoms with van der Waals surface area (Å²) in [4.78, 5) is 14.5. The number of aliphatic hydroxyl groups excluding tert-OH is 1. The first kappa shape index (κ1) is 16.5. The topological polar surface area (TPSA) is 89.5 Å². The van der Waals surface area contributed by atoms with Gasteiger partial charge in [0.15, 0.2) is 0 Å². The summed E-state index contributed by atoms with van der Waals surface area (Å²) in [7, 11) is 0. The van der Waals surface area contributed by atoms with Gasteiger partial charge in [0.1, 0.15) is 17.4 Å². The summed E-state index contributed by atoms with van der Waals surface area (Å²) in [6.45, 7) is 7.11. The quantitative estimate of drug-likeness (QED) is 0.885. The van der Waals surface area contributed by atoms with Crippen LogP contribution >= 0.6 is 0 Å². The van der Waals surface area contributed by atoms with Crippen LogP contribution in [-0.2, 0) is 4.79 Å². The summed E-state index contributed by atoms with van der Waals surface area (Å²) in [5, 5.41) is 21.2. The highest BCUT2D eigenvalue weighted by atomic mass is 16.4. The zero-order chi connectivity index (χ0) is 16.3. The van der Waals surface area contributed by atoms with Crippen molar-refractivity contribution in [2.45, 2.75) is 39.7 Å². The number of aryl methyl sites for hydroxylation is 1. The van der Waals surface area contributed by atoms with Crippen molar-refractivity contribution in [2.24, 2.45) is 5.92 Å². The first-order valence-electron chi connectivity index (χ1n) is 7.63. The van der Waals surface area contributed by atoms with Crippen molar-refractivity contribution in [1.29, 1.82) is 5.26 Å². The molecule has 6 nitrogen and oxygen atoms in total. The van der Waals surface area contributed by atoms with Crippen LogP contribution in [0.3, 0.4) is 0 Å². The molecule has 6 heteroatoms. The van der Waals surface area contributed by atoms with E-state index in [4.69, 9.17) is 4.42 Å². The highest BCUT2D eigenvalue weighted by Crippen LogP contribution is 2.26. The van der Waals surface area contributed by atoms with Crippen molar-refractivity contribution < 1.29 is 14.3 Å². The van der Waals surface area contributed by atoms with Crippen LogP contribution in [0.25, 0.3) is 0 Å². The van der Waals surface area contributed by atoms with Crippen LogP contribution in [0.15, 0.2) is 4.42 Å². The maximum atomic E-state index is 12.4. The van der Waals surface area contributed by atoms with Gasteiger partial charge in [-0.3, -0.25) is 15.0 Å². The Morgan fingerprint density at radius 3 is 2.95 bits per heavy atom. The molecule has 1 saturated heterocycles. The number of hydrogen-bond donors (Lipinski definition) is 2. The van der Waals surface area contributed by atoms with Gasteiger partial charge in [-0.25, -0.2) is 0 Å². The molecule has 0 saturated carbocycles. The second-order valence-corrected chi connectivity index (χ2v) is 5.95. The predicted molar refractivity (Wildman–Crippen MR) is 82.4 cm³/mol. The van der Waals surface area contributed by atoms with Crippen molar-refractivity contribution in [3.05, 3.63) is 16.9 Å². The number of anilines is 1. The molecule has 1 aromatic heterocycles. The number of likely N-dealkylation sites (tertiary alicyclic amines) is 1. The molecular weight excluding hydrogens is 282 g/mol. The Bertz CT molecular complexity index is 588. The smallest absolute Gasteiger partial charge is 0.243 e. The van der Waals surface area contributed by atoms with Gasteiger partial charge in [-0.15, -0.1) is 0 Å². The lowest BCUT2D eigenvalue weighted by Gasteiger charge is -2.35. The Morgan fingerprint density at radius 2 is 2.32 bits per heavy atom. The Balaban J connectivity index is 2.06. The van der Waals surface area contributed by atoms with Gasteiger partial charge in [-0.2, -0.15) is 5.26 Å². The molecule has 22 heavy (non-hydrogen) atoms.